The average Bonchev–Trinajstić information content (AvgIpc) is 2.97. The van der Waals surface area contributed by atoms with Crippen molar-refractivity contribution in [1.29, 1.82) is 5.26 Å². The monoisotopic (exact) mass is 574 g/mol. The zero-order chi connectivity index (χ0) is 29.8. The minimum atomic E-state index is -1.10. The van der Waals surface area contributed by atoms with Crippen LogP contribution in [0.1, 0.15) is 17.0 Å². The van der Waals surface area contributed by atoms with E-state index in [2.05, 4.69) is 0 Å². The van der Waals surface area contributed by atoms with Crippen LogP contribution in [0.25, 0.3) is 0 Å². The third kappa shape index (κ3) is 5.41. The lowest BCUT2D eigenvalue weighted by Gasteiger charge is -2.35. The number of aryl methyl sites for hydroxylation is 1. The third-order valence-electron chi connectivity index (χ3n) is 6.34. The molecule has 2 N–H and O–H groups in total. The van der Waals surface area contributed by atoms with Crippen molar-refractivity contribution < 1.29 is 28.7 Å². The van der Waals surface area contributed by atoms with E-state index >= 15 is 0 Å². The Balaban J connectivity index is 2.04. The Morgan fingerprint density at radius 1 is 1.05 bits per heavy atom. The van der Waals surface area contributed by atoms with Crippen LogP contribution in [-0.4, -0.2) is 31.1 Å². The van der Waals surface area contributed by atoms with Crippen molar-refractivity contribution in [1.82, 2.24) is 0 Å². The van der Waals surface area contributed by atoms with Crippen molar-refractivity contribution in [3.05, 3.63) is 116 Å². The number of hydrogen-bond acceptors (Lipinski definition) is 10. The molecule has 3 aromatic rings. The van der Waals surface area contributed by atoms with Crippen LogP contribution in [0.15, 0.2) is 89.4 Å². The SMILES string of the molecule is COC(=O)C1=C(C(=O)OC)N(c2cc(Oc3c(C)cccc3Cl)cc([N+](=O)[O-])c2)C(N)=C(C#N)C1c1ccccc1. The maximum Gasteiger partial charge on any atom is 0.355 e. The van der Waals surface area contributed by atoms with Crippen LogP contribution in [0.3, 0.4) is 0 Å². The molecule has 1 atom stereocenters. The maximum absolute atomic E-state index is 13.3. The summed E-state index contributed by atoms with van der Waals surface area (Å²) in [5.74, 6) is -3.05. The number of esters is 2. The second-order valence-corrected chi connectivity index (χ2v) is 9.17. The van der Waals surface area contributed by atoms with Gasteiger partial charge in [-0.05, 0) is 24.1 Å². The van der Waals surface area contributed by atoms with Gasteiger partial charge in [0, 0.05) is 12.1 Å². The number of nitro groups is 1. The summed E-state index contributed by atoms with van der Waals surface area (Å²) in [7, 11) is 2.22. The summed E-state index contributed by atoms with van der Waals surface area (Å²) in [6, 6.07) is 19.2. The molecule has 4 rings (SSSR count). The lowest BCUT2D eigenvalue weighted by molar-refractivity contribution is -0.384. The highest BCUT2D eigenvalue weighted by Gasteiger charge is 2.43. The Morgan fingerprint density at radius 2 is 1.73 bits per heavy atom. The van der Waals surface area contributed by atoms with E-state index in [1.165, 1.54) is 6.07 Å². The summed E-state index contributed by atoms with van der Waals surface area (Å²) in [6.45, 7) is 1.74. The molecule has 0 aromatic heterocycles. The summed E-state index contributed by atoms with van der Waals surface area (Å²) in [5, 5.41) is 22.4. The van der Waals surface area contributed by atoms with Gasteiger partial charge >= 0.3 is 11.9 Å². The molecule has 0 fully saturated rings. The highest BCUT2D eigenvalue weighted by Crippen LogP contribution is 2.45. The number of hydrogen-bond donors (Lipinski definition) is 1. The van der Waals surface area contributed by atoms with Crippen molar-refractivity contribution in [2.24, 2.45) is 5.73 Å². The summed E-state index contributed by atoms with van der Waals surface area (Å²) in [6.07, 6.45) is 0. The number of nitro benzene ring substituents is 1. The van der Waals surface area contributed by atoms with Crippen LogP contribution in [-0.2, 0) is 19.1 Å². The van der Waals surface area contributed by atoms with E-state index in [-0.39, 0.29) is 44.9 Å². The molecule has 0 spiro atoms. The number of allylic oxidation sites excluding steroid dienone is 1. The first-order chi connectivity index (χ1) is 19.6. The number of carbonyl (C=O) groups is 2. The van der Waals surface area contributed by atoms with Gasteiger partial charge in [0.2, 0.25) is 0 Å². The Kier molecular flexibility index (Phi) is 8.26. The number of rotatable bonds is 7. The smallest absolute Gasteiger partial charge is 0.355 e. The van der Waals surface area contributed by atoms with Gasteiger partial charge in [-0.25, -0.2) is 9.59 Å². The molecule has 1 aliphatic heterocycles. The Bertz CT molecular complexity index is 1640. The van der Waals surface area contributed by atoms with E-state index in [0.717, 1.165) is 31.3 Å². The number of ether oxygens (including phenoxy) is 3. The van der Waals surface area contributed by atoms with Crippen LogP contribution in [0.2, 0.25) is 5.02 Å². The molecule has 12 heteroatoms. The van der Waals surface area contributed by atoms with Crippen LogP contribution in [0.5, 0.6) is 11.5 Å². The average molecular weight is 575 g/mol. The van der Waals surface area contributed by atoms with E-state index in [9.17, 15) is 25.0 Å². The fraction of sp³-hybridized carbons (Fsp3) is 0.138. The van der Waals surface area contributed by atoms with E-state index in [1.807, 2.05) is 6.07 Å². The predicted molar refractivity (Wildman–Crippen MR) is 149 cm³/mol. The molecular weight excluding hydrogens is 552 g/mol. The van der Waals surface area contributed by atoms with Crippen molar-refractivity contribution in [3.63, 3.8) is 0 Å². The van der Waals surface area contributed by atoms with Crippen LogP contribution < -0.4 is 15.4 Å². The van der Waals surface area contributed by atoms with Crippen molar-refractivity contribution in [2.45, 2.75) is 12.8 Å². The van der Waals surface area contributed by atoms with Crippen molar-refractivity contribution in [2.75, 3.05) is 19.1 Å². The number of non-ortho nitro benzene ring substituents is 1. The van der Waals surface area contributed by atoms with Gasteiger partial charge in [0.15, 0.2) is 0 Å². The quantitative estimate of drug-likeness (QED) is 0.224. The number of nitriles is 1. The molecule has 0 bridgehead atoms. The highest BCUT2D eigenvalue weighted by molar-refractivity contribution is 6.32. The molecule has 41 heavy (non-hydrogen) atoms. The number of methoxy groups -OCH3 is 2. The third-order valence-corrected chi connectivity index (χ3v) is 6.64. The number of carbonyl (C=O) groups excluding carboxylic acids is 2. The van der Waals surface area contributed by atoms with Crippen LogP contribution >= 0.6 is 11.6 Å². The summed E-state index contributed by atoms with van der Waals surface area (Å²) >= 11 is 6.31. The number of para-hydroxylation sites is 1. The second kappa shape index (κ2) is 11.8. The standard InChI is InChI=1S/C29H23ClN4O7/c1-16-8-7-11-22(30)26(16)41-20-13-18(12-19(14-20)34(37)38)33-25(29(36)40-3)24(28(35)39-2)23(21(15-31)27(33)32)17-9-5-4-6-10-17/h4-14,23H,32H2,1-3H3. The van der Waals surface area contributed by atoms with Crippen LogP contribution in [0, 0.1) is 28.4 Å². The number of benzene rings is 3. The molecule has 0 aliphatic carbocycles. The number of nitrogens with two attached hydrogens (primary N) is 1. The molecule has 1 aliphatic rings. The molecule has 0 radical (unpaired) electrons. The molecule has 0 amide bonds. The zero-order valence-electron chi connectivity index (χ0n) is 22.1. The van der Waals surface area contributed by atoms with Gasteiger partial charge in [0.05, 0.1) is 59.1 Å². The van der Waals surface area contributed by atoms with Gasteiger partial charge in [-0.1, -0.05) is 54.1 Å². The van der Waals surface area contributed by atoms with Gasteiger partial charge < -0.3 is 19.9 Å². The molecule has 208 valence electrons. The summed E-state index contributed by atoms with van der Waals surface area (Å²) < 4.78 is 16.0. The van der Waals surface area contributed by atoms with Crippen LogP contribution in [0.4, 0.5) is 11.4 Å². The minimum Gasteiger partial charge on any atom is -0.466 e. The molecule has 3 aromatic carbocycles. The largest absolute Gasteiger partial charge is 0.466 e. The zero-order valence-corrected chi connectivity index (χ0v) is 22.8. The topological polar surface area (TPSA) is 158 Å². The molecule has 1 unspecified atom stereocenters. The van der Waals surface area contributed by atoms with Crippen molar-refractivity contribution >= 4 is 34.9 Å². The van der Waals surface area contributed by atoms with Gasteiger partial charge in [0.1, 0.15) is 23.0 Å². The summed E-state index contributed by atoms with van der Waals surface area (Å²) in [5.41, 5.74) is 6.44. The summed E-state index contributed by atoms with van der Waals surface area (Å²) in [4.78, 5) is 38.9. The maximum atomic E-state index is 13.3. The highest BCUT2D eigenvalue weighted by atomic mass is 35.5. The number of nitrogens with zero attached hydrogens (tertiary/aromatic N) is 3. The predicted octanol–water partition coefficient (Wildman–Crippen LogP) is 5.25. The Morgan fingerprint density at radius 3 is 2.32 bits per heavy atom. The van der Waals surface area contributed by atoms with Gasteiger partial charge in [-0.3, -0.25) is 15.0 Å². The first-order valence-corrected chi connectivity index (χ1v) is 12.4. The molecule has 1 heterocycles. The second-order valence-electron chi connectivity index (χ2n) is 8.77. The fourth-order valence-electron chi connectivity index (χ4n) is 4.51. The first kappa shape index (κ1) is 28.7. The normalized spacial score (nSPS) is 14.8. The van der Waals surface area contributed by atoms with Gasteiger partial charge in [-0.2, -0.15) is 5.26 Å². The fourth-order valence-corrected chi connectivity index (χ4v) is 4.77. The van der Waals surface area contributed by atoms with E-state index < -0.39 is 28.5 Å². The lowest BCUT2D eigenvalue weighted by atomic mass is 9.81. The van der Waals surface area contributed by atoms with E-state index in [4.69, 9.17) is 31.5 Å². The minimum absolute atomic E-state index is 0.0225. The molecular formula is C29H23ClN4O7. The van der Waals surface area contributed by atoms with E-state index in [1.54, 1.807) is 55.5 Å². The molecule has 0 saturated carbocycles. The first-order valence-electron chi connectivity index (χ1n) is 12.0. The number of halogens is 1. The van der Waals surface area contributed by atoms with E-state index in [0.29, 0.717) is 11.1 Å². The lowest BCUT2D eigenvalue weighted by Crippen LogP contribution is -2.40. The van der Waals surface area contributed by atoms with Gasteiger partial charge in [0.25, 0.3) is 5.69 Å². The Labute approximate surface area is 239 Å². The Hall–Kier alpha value is -5.34. The van der Waals surface area contributed by atoms with Crippen molar-refractivity contribution in [3.8, 4) is 17.6 Å². The molecule has 0 saturated heterocycles. The number of anilines is 1. The van der Waals surface area contributed by atoms with Gasteiger partial charge in [-0.15, -0.1) is 0 Å². The molecule has 11 nitrogen and oxygen atoms in total.